The first-order valence-corrected chi connectivity index (χ1v) is 8.18. The molecule has 1 heterocycles. The summed E-state index contributed by atoms with van der Waals surface area (Å²) in [6.45, 7) is 2.42. The highest BCUT2D eigenvalue weighted by atomic mass is 35.5. The molecule has 1 aromatic carbocycles. The highest BCUT2D eigenvalue weighted by Gasteiger charge is 2.25. The maximum atomic E-state index is 12.6. The van der Waals surface area contributed by atoms with Crippen LogP contribution in [-0.2, 0) is 4.79 Å². The van der Waals surface area contributed by atoms with E-state index in [2.05, 4.69) is 4.90 Å². The minimum absolute atomic E-state index is 0.108. The van der Waals surface area contributed by atoms with Crippen LogP contribution in [0.3, 0.4) is 0 Å². The van der Waals surface area contributed by atoms with Crippen molar-refractivity contribution >= 4 is 23.4 Å². The number of carbonyl (C=O) groups excluding carboxylic acids is 1. The number of nitrogens with zero attached hydrogens (tertiary/aromatic N) is 1. The van der Waals surface area contributed by atoms with Crippen LogP contribution < -0.4 is 0 Å². The molecule has 1 aliphatic heterocycles. The van der Waals surface area contributed by atoms with Gasteiger partial charge in [-0.15, -0.1) is 0 Å². The highest BCUT2D eigenvalue weighted by Crippen LogP contribution is 2.19. The zero-order valence-corrected chi connectivity index (χ0v) is 13.4. The number of ketones is 1. The highest BCUT2D eigenvalue weighted by molar-refractivity contribution is 6.30. The molecule has 22 heavy (non-hydrogen) atoms. The van der Waals surface area contributed by atoms with Crippen molar-refractivity contribution < 1.29 is 14.7 Å². The number of carboxylic acids is 1. The van der Waals surface area contributed by atoms with E-state index in [0.717, 1.165) is 25.9 Å². The SMILES string of the molecule is O=C(O)CC(CN1CCCCCC1)C(=O)c1ccc(Cl)cc1. The molecular weight excluding hydrogens is 302 g/mol. The summed E-state index contributed by atoms with van der Waals surface area (Å²) in [6.07, 6.45) is 4.54. The largest absolute Gasteiger partial charge is 0.481 e. The van der Waals surface area contributed by atoms with Gasteiger partial charge in [-0.3, -0.25) is 9.59 Å². The number of hydrogen-bond acceptors (Lipinski definition) is 3. The Bertz CT molecular complexity index is 507. The summed E-state index contributed by atoms with van der Waals surface area (Å²) < 4.78 is 0. The quantitative estimate of drug-likeness (QED) is 0.814. The van der Waals surface area contributed by atoms with Crippen molar-refractivity contribution in [3.8, 4) is 0 Å². The van der Waals surface area contributed by atoms with Gasteiger partial charge in [0.15, 0.2) is 5.78 Å². The molecule has 4 nitrogen and oxygen atoms in total. The zero-order chi connectivity index (χ0) is 15.9. The van der Waals surface area contributed by atoms with Crippen LogP contribution in [0.25, 0.3) is 0 Å². The van der Waals surface area contributed by atoms with Crippen LogP contribution in [0.2, 0.25) is 5.02 Å². The van der Waals surface area contributed by atoms with Gasteiger partial charge in [-0.1, -0.05) is 24.4 Å². The fraction of sp³-hybridized carbons (Fsp3) is 0.529. The Labute approximate surface area is 136 Å². The molecule has 120 valence electrons. The Hall–Kier alpha value is -1.39. The summed E-state index contributed by atoms with van der Waals surface area (Å²) in [5.74, 6) is -1.54. The van der Waals surface area contributed by atoms with E-state index < -0.39 is 11.9 Å². The number of carbonyl (C=O) groups is 2. The third kappa shape index (κ3) is 5.11. The third-order valence-electron chi connectivity index (χ3n) is 4.10. The van der Waals surface area contributed by atoms with Gasteiger partial charge in [0.25, 0.3) is 0 Å². The van der Waals surface area contributed by atoms with Gasteiger partial charge in [0.05, 0.1) is 6.42 Å². The van der Waals surface area contributed by atoms with Gasteiger partial charge in [0.2, 0.25) is 0 Å². The smallest absolute Gasteiger partial charge is 0.304 e. The van der Waals surface area contributed by atoms with Gasteiger partial charge in [-0.2, -0.15) is 0 Å². The Morgan fingerprint density at radius 3 is 2.23 bits per heavy atom. The first-order chi connectivity index (χ1) is 10.6. The normalized spacial score (nSPS) is 17.7. The van der Waals surface area contributed by atoms with Crippen molar-refractivity contribution in [3.05, 3.63) is 34.9 Å². The summed E-state index contributed by atoms with van der Waals surface area (Å²) in [7, 11) is 0. The lowest BCUT2D eigenvalue weighted by Gasteiger charge is -2.24. The van der Waals surface area contributed by atoms with Crippen LogP contribution in [0.5, 0.6) is 0 Å². The predicted molar refractivity (Wildman–Crippen MR) is 86.4 cm³/mol. The summed E-state index contributed by atoms with van der Waals surface area (Å²) >= 11 is 5.84. The molecule has 2 rings (SSSR count). The van der Waals surface area contributed by atoms with Crippen LogP contribution >= 0.6 is 11.6 Å². The molecule has 0 aliphatic carbocycles. The molecule has 0 spiro atoms. The van der Waals surface area contributed by atoms with Gasteiger partial charge < -0.3 is 10.0 Å². The Morgan fingerprint density at radius 1 is 1.09 bits per heavy atom. The van der Waals surface area contributed by atoms with Crippen LogP contribution in [0, 0.1) is 5.92 Å². The molecule has 1 saturated heterocycles. The molecule has 1 aromatic rings. The molecule has 0 radical (unpaired) electrons. The van der Waals surface area contributed by atoms with Gasteiger partial charge >= 0.3 is 5.97 Å². The van der Waals surface area contributed by atoms with Crippen LogP contribution in [-0.4, -0.2) is 41.4 Å². The minimum Gasteiger partial charge on any atom is -0.481 e. The summed E-state index contributed by atoms with van der Waals surface area (Å²) in [4.78, 5) is 26.0. The summed E-state index contributed by atoms with van der Waals surface area (Å²) in [6, 6.07) is 6.67. The van der Waals surface area contributed by atoms with E-state index in [-0.39, 0.29) is 12.2 Å². The lowest BCUT2D eigenvalue weighted by atomic mass is 9.94. The van der Waals surface area contributed by atoms with Crippen molar-refractivity contribution in [1.82, 2.24) is 4.90 Å². The summed E-state index contributed by atoms with van der Waals surface area (Å²) in [5.41, 5.74) is 0.533. The molecular formula is C17H22ClNO3. The van der Waals surface area contributed by atoms with E-state index >= 15 is 0 Å². The molecule has 1 fully saturated rings. The van der Waals surface area contributed by atoms with Crippen molar-refractivity contribution in [3.63, 3.8) is 0 Å². The molecule has 0 bridgehead atoms. The van der Waals surface area contributed by atoms with Crippen molar-refractivity contribution in [2.45, 2.75) is 32.1 Å². The first-order valence-electron chi connectivity index (χ1n) is 7.80. The van der Waals surface area contributed by atoms with E-state index in [1.807, 2.05) is 0 Å². The number of carboxylic acid groups (broad SMARTS) is 1. The van der Waals surface area contributed by atoms with E-state index in [0.29, 0.717) is 17.1 Å². The van der Waals surface area contributed by atoms with E-state index in [4.69, 9.17) is 16.7 Å². The Morgan fingerprint density at radius 2 is 1.68 bits per heavy atom. The lowest BCUT2D eigenvalue weighted by molar-refractivity contribution is -0.137. The van der Waals surface area contributed by atoms with Crippen LogP contribution in [0.1, 0.15) is 42.5 Å². The fourth-order valence-corrected chi connectivity index (χ4v) is 3.06. The number of Topliss-reactive ketones (excluding diaryl/α,β-unsaturated/α-hetero) is 1. The average Bonchev–Trinajstić information content (AvgIpc) is 2.75. The van der Waals surface area contributed by atoms with Crippen molar-refractivity contribution in [2.24, 2.45) is 5.92 Å². The number of halogens is 1. The maximum Gasteiger partial charge on any atom is 0.304 e. The summed E-state index contributed by atoms with van der Waals surface area (Å²) in [5, 5.41) is 9.69. The standard InChI is InChI=1S/C17H22ClNO3/c18-15-7-5-13(6-8-15)17(22)14(11-16(20)21)12-19-9-3-1-2-4-10-19/h5-8,14H,1-4,9-12H2,(H,20,21). The van der Waals surface area contributed by atoms with Gasteiger partial charge in [0.1, 0.15) is 0 Å². The van der Waals surface area contributed by atoms with Gasteiger partial charge in [0, 0.05) is 23.0 Å². The van der Waals surface area contributed by atoms with Crippen LogP contribution in [0.15, 0.2) is 24.3 Å². The van der Waals surface area contributed by atoms with Gasteiger partial charge in [-0.25, -0.2) is 0 Å². The van der Waals surface area contributed by atoms with E-state index in [1.54, 1.807) is 24.3 Å². The lowest BCUT2D eigenvalue weighted by Crippen LogP contribution is -2.35. The van der Waals surface area contributed by atoms with Crippen LogP contribution in [0.4, 0.5) is 0 Å². The Balaban J connectivity index is 2.08. The maximum absolute atomic E-state index is 12.6. The number of rotatable bonds is 6. The monoisotopic (exact) mass is 323 g/mol. The molecule has 1 unspecified atom stereocenters. The molecule has 1 N–H and O–H groups in total. The van der Waals surface area contributed by atoms with E-state index in [9.17, 15) is 9.59 Å². The predicted octanol–water partition coefficient (Wildman–Crippen LogP) is 3.49. The van der Waals surface area contributed by atoms with E-state index in [1.165, 1.54) is 12.8 Å². The molecule has 1 atom stereocenters. The number of benzene rings is 1. The second kappa shape index (κ2) is 8.30. The number of aliphatic carboxylic acids is 1. The number of hydrogen-bond donors (Lipinski definition) is 1. The average molecular weight is 324 g/mol. The topological polar surface area (TPSA) is 57.6 Å². The molecule has 5 heteroatoms. The first kappa shape index (κ1) is 17.0. The molecule has 1 aliphatic rings. The third-order valence-corrected chi connectivity index (χ3v) is 4.35. The Kier molecular flexibility index (Phi) is 6.40. The molecule has 0 amide bonds. The zero-order valence-electron chi connectivity index (χ0n) is 12.6. The number of likely N-dealkylation sites (tertiary alicyclic amines) is 1. The fourth-order valence-electron chi connectivity index (χ4n) is 2.93. The minimum atomic E-state index is -0.929. The van der Waals surface area contributed by atoms with Gasteiger partial charge in [-0.05, 0) is 50.2 Å². The van der Waals surface area contributed by atoms with Crippen molar-refractivity contribution in [1.29, 1.82) is 0 Å². The second-order valence-corrected chi connectivity index (χ2v) is 6.32. The molecule has 0 aromatic heterocycles. The molecule has 0 saturated carbocycles. The second-order valence-electron chi connectivity index (χ2n) is 5.88. The van der Waals surface area contributed by atoms with Crippen molar-refractivity contribution in [2.75, 3.05) is 19.6 Å².